The lowest BCUT2D eigenvalue weighted by atomic mass is 10.1. The van der Waals surface area contributed by atoms with E-state index in [1.165, 1.54) is 18.2 Å². The molecule has 0 aromatic heterocycles. The average molecular weight is 363 g/mol. The van der Waals surface area contributed by atoms with Crippen LogP contribution in [0.3, 0.4) is 0 Å². The van der Waals surface area contributed by atoms with E-state index in [1.807, 2.05) is 6.92 Å². The molecule has 0 aliphatic carbocycles. The molecule has 2 aromatic carbocycles. The fourth-order valence-electron chi connectivity index (χ4n) is 2.11. The minimum Gasteiger partial charge on any atom is -0.508 e. The number of hydrogen-bond acceptors (Lipinski definition) is 5. The number of carbonyl (C=O) groups excluding carboxylic acids is 1. The first-order valence-electron chi connectivity index (χ1n) is 7.57. The molecular weight excluding hydrogens is 344 g/mol. The second-order valence-corrected chi connectivity index (χ2v) is 5.98. The summed E-state index contributed by atoms with van der Waals surface area (Å²) in [4.78, 5) is 12.1. The van der Waals surface area contributed by atoms with Crippen LogP contribution in [0.15, 0.2) is 41.5 Å². The zero-order valence-corrected chi connectivity index (χ0v) is 14.8. The number of phenolic OH excluding ortho intramolecular Hbond substituents is 2. The highest BCUT2D eigenvalue weighted by atomic mass is 35.5. The summed E-state index contributed by atoms with van der Waals surface area (Å²) in [6, 6.07) is 9.26. The maximum absolute atomic E-state index is 12.1. The first kappa shape index (κ1) is 18.6. The number of hydrogen-bond donors (Lipinski definition) is 3. The van der Waals surface area contributed by atoms with Gasteiger partial charge >= 0.3 is 0 Å². The highest BCUT2D eigenvalue weighted by Gasteiger charge is 2.16. The SMILES string of the molecule is CC(=NNC(=O)C(C)Oc1ccc(Cl)cc1C)c1ccc(O)cc1O. The summed E-state index contributed by atoms with van der Waals surface area (Å²) >= 11 is 5.89. The molecule has 1 amide bonds. The average Bonchev–Trinajstić information content (AvgIpc) is 2.54. The Morgan fingerprint density at radius 1 is 1.24 bits per heavy atom. The minimum absolute atomic E-state index is 0.0570. The van der Waals surface area contributed by atoms with Crippen LogP contribution in [0, 0.1) is 6.92 Å². The van der Waals surface area contributed by atoms with Gasteiger partial charge < -0.3 is 14.9 Å². The predicted molar refractivity (Wildman–Crippen MR) is 96.4 cm³/mol. The number of halogens is 1. The number of nitrogens with one attached hydrogen (secondary N) is 1. The van der Waals surface area contributed by atoms with Crippen LogP contribution in [-0.4, -0.2) is 27.9 Å². The van der Waals surface area contributed by atoms with E-state index >= 15 is 0 Å². The summed E-state index contributed by atoms with van der Waals surface area (Å²) < 4.78 is 5.62. The number of phenols is 2. The third-order valence-electron chi connectivity index (χ3n) is 3.51. The maximum Gasteiger partial charge on any atom is 0.280 e. The molecule has 132 valence electrons. The third kappa shape index (κ3) is 4.87. The lowest BCUT2D eigenvalue weighted by Gasteiger charge is -2.15. The van der Waals surface area contributed by atoms with E-state index in [-0.39, 0.29) is 11.5 Å². The molecule has 7 heteroatoms. The van der Waals surface area contributed by atoms with Gasteiger partial charge in [0.1, 0.15) is 17.2 Å². The van der Waals surface area contributed by atoms with Gasteiger partial charge in [-0.2, -0.15) is 5.10 Å². The van der Waals surface area contributed by atoms with Gasteiger partial charge in [-0.1, -0.05) is 11.6 Å². The summed E-state index contributed by atoms with van der Waals surface area (Å²) in [6.45, 7) is 5.06. The molecule has 0 aliphatic heterocycles. The van der Waals surface area contributed by atoms with Crippen LogP contribution in [0.1, 0.15) is 25.0 Å². The van der Waals surface area contributed by atoms with Gasteiger partial charge in [-0.15, -0.1) is 0 Å². The highest BCUT2D eigenvalue weighted by molar-refractivity contribution is 6.30. The van der Waals surface area contributed by atoms with Crippen LogP contribution >= 0.6 is 11.6 Å². The Bertz CT molecular complexity index is 821. The van der Waals surface area contributed by atoms with Crippen molar-refractivity contribution in [3.8, 4) is 17.2 Å². The van der Waals surface area contributed by atoms with Crippen molar-refractivity contribution < 1.29 is 19.7 Å². The summed E-state index contributed by atoms with van der Waals surface area (Å²) in [6.07, 6.45) is -0.773. The van der Waals surface area contributed by atoms with Crippen LogP contribution < -0.4 is 10.2 Å². The van der Waals surface area contributed by atoms with E-state index < -0.39 is 12.0 Å². The van der Waals surface area contributed by atoms with Gasteiger partial charge in [0.15, 0.2) is 6.10 Å². The zero-order valence-electron chi connectivity index (χ0n) is 14.1. The quantitative estimate of drug-likeness (QED) is 0.561. The molecule has 2 aromatic rings. The van der Waals surface area contributed by atoms with Crippen molar-refractivity contribution in [1.29, 1.82) is 0 Å². The van der Waals surface area contributed by atoms with E-state index in [1.54, 1.807) is 32.0 Å². The molecule has 1 unspecified atom stereocenters. The summed E-state index contributed by atoms with van der Waals surface area (Å²) in [5, 5.41) is 23.6. The van der Waals surface area contributed by atoms with E-state index in [9.17, 15) is 15.0 Å². The van der Waals surface area contributed by atoms with Gasteiger partial charge in [-0.05, 0) is 56.7 Å². The molecule has 0 spiro atoms. The molecule has 0 saturated heterocycles. The Labute approximate surface area is 150 Å². The summed E-state index contributed by atoms with van der Waals surface area (Å²) in [5.41, 5.74) is 4.01. The minimum atomic E-state index is -0.773. The molecule has 3 N–H and O–H groups in total. The van der Waals surface area contributed by atoms with Crippen molar-refractivity contribution in [2.75, 3.05) is 0 Å². The lowest BCUT2D eigenvalue weighted by Crippen LogP contribution is -2.34. The lowest BCUT2D eigenvalue weighted by molar-refractivity contribution is -0.127. The van der Waals surface area contributed by atoms with Crippen molar-refractivity contribution in [1.82, 2.24) is 5.43 Å². The molecule has 0 saturated carbocycles. The number of aromatic hydroxyl groups is 2. The fourth-order valence-corrected chi connectivity index (χ4v) is 2.33. The monoisotopic (exact) mass is 362 g/mol. The first-order valence-corrected chi connectivity index (χ1v) is 7.95. The van der Waals surface area contributed by atoms with Crippen molar-refractivity contribution in [3.05, 3.63) is 52.5 Å². The van der Waals surface area contributed by atoms with Gasteiger partial charge in [0.2, 0.25) is 0 Å². The zero-order chi connectivity index (χ0) is 18.6. The Morgan fingerprint density at radius 3 is 2.60 bits per heavy atom. The number of rotatable bonds is 5. The molecule has 1 atom stereocenters. The van der Waals surface area contributed by atoms with Gasteiger partial charge in [0.25, 0.3) is 5.91 Å². The van der Waals surface area contributed by atoms with Gasteiger partial charge in [0.05, 0.1) is 5.71 Å². The van der Waals surface area contributed by atoms with Crippen molar-refractivity contribution in [3.63, 3.8) is 0 Å². The van der Waals surface area contributed by atoms with Crippen LogP contribution in [0.25, 0.3) is 0 Å². The Morgan fingerprint density at radius 2 is 1.96 bits per heavy atom. The molecule has 25 heavy (non-hydrogen) atoms. The number of nitrogens with zero attached hydrogens (tertiary/aromatic N) is 1. The summed E-state index contributed by atoms with van der Waals surface area (Å²) in [7, 11) is 0. The number of benzene rings is 2. The smallest absolute Gasteiger partial charge is 0.280 e. The number of carbonyl (C=O) groups is 1. The second-order valence-electron chi connectivity index (χ2n) is 5.54. The van der Waals surface area contributed by atoms with E-state index in [0.29, 0.717) is 22.0 Å². The molecule has 0 aliphatic rings. The predicted octanol–water partition coefficient (Wildman–Crippen LogP) is 3.37. The van der Waals surface area contributed by atoms with Crippen LogP contribution in [0.2, 0.25) is 5.02 Å². The number of ether oxygens (including phenoxy) is 1. The van der Waals surface area contributed by atoms with Crippen molar-refractivity contribution in [2.24, 2.45) is 5.10 Å². The van der Waals surface area contributed by atoms with Gasteiger partial charge in [0, 0.05) is 16.7 Å². The Balaban J connectivity index is 2.03. The van der Waals surface area contributed by atoms with Crippen LogP contribution in [0.4, 0.5) is 0 Å². The van der Waals surface area contributed by atoms with Gasteiger partial charge in [-0.25, -0.2) is 5.43 Å². The molecule has 0 bridgehead atoms. The molecule has 2 rings (SSSR count). The number of amides is 1. The van der Waals surface area contributed by atoms with E-state index in [0.717, 1.165) is 5.56 Å². The van der Waals surface area contributed by atoms with E-state index in [4.69, 9.17) is 16.3 Å². The molecule has 0 heterocycles. The number of aryl methyl sites for hydroxylation is 1. The second kappa shape index (κ2) is 7.90. The van der Waals surface area contributed by atoms with Gasteiger partial charge in [-0.3, -0.25) is 4.79 Å². The number of hydrazone groups is 1. The van der Waals surface area contributed by atoms with Crippen LogP contribution in [0.5, 0.6) is 17.2 Å². The maximum atomic E-state index is 12.1. The first-order chi connectivity index (χ1) is 11.8. The Kier molecular flexibility index (Phi) is 5.88. The Hall–Kier alpha value is -2.73. The topological polar surface area (TPSA) is 91.2 Å². The largest absolute Gasteiger partial charge is 0.508 e. The molecule has 6 nitrogen and oxygen atoms in total. The van der Waals surface area contributed by atoms with Crippen molar-refractivity contribution >= 4 is 23.2 Å². The standard InChI is InChI=1S/C18H19ClN2O4/c1-10-8-13(19)4-7-17(10)25-12(3)18(24)21-20-11(2)15-6-5-14(22)9-16(15)23/h4-9,12,22-23H,1-3H3,(H,21,24). The highest BCUT2D eigenvalue weighted by Crippen LogP contribution is 2.24. The third-order valence-corrected chi connectivity index (χ3v) is 3.75. The summed E-state index contributed by atoms with van der Waals surface area (Å²) in [5.74, 6) is -0.0640. The van der Waals surface area contributed by atoms with Crippen molar-refractivity contribution in [2.45, 2.75) is 26.9 Å². The fraction of sp³-hybridized carbons (Fsp3) is 0.222. The molecular formula is C18H19ClN2O4. The normalized spacial score (nSPS) is 12.6. The van der Waals surface area contributed by atoms with E-state index in [2.05, 4.69) is 10.5 Å². The molecule has 0 radical (unpaired) electrons. The van der Waals surface area contributed by atoms with Crippen LogP contribution in [-0.2, 0) is 4.79 Å². The molecule has 0 fully saturated rings.